The molecule has 1 atom stereocenters. The summed E-state index contributed by atoms with van der Waals surface area (Å²) in [7, 11) is 0. The average Bonchev–Trinajstić information content (AvgIpc) is 3.39. The molecule has 418 valence electrons. The van der Waals surface area contributed by atoms with E-state index in [1.165, 1.54) is 135 Å². The summed E-state index contributed by atoms with van der Waals surface area (Å²) in [6, 6.07) is 0. The van der Waals surface area contributed by atoms with Crippen molar-refractivity contribution in [2.45, 2.75) is 297 Å². The smallest absolute Gasteiger partial charge is 0.306 e. The SMILES string of the molecule is CC/C=C\C/C=C\C/C=C\C/C=C\CCCCCCCCCCCCC(=O)OCC(COC(=O)CCCCCCC/C=C\CCCCCC)OC(=O)CCCCCCCC/C=C\C/C=C\C/C=C\CCCCC. The largest absolute Gasteiger partial charge is 0.462 e. The first-order valence-electron chi connectivity index (χ1n) is 30.7. The molecular formula is C67H114O6. The Morgan fingerprint density at radius 1 is 0.288 bits per heavy atom. The highest BCUT2D eigenvalue weighted by Gasteiger charge is 2.19. The van der Waals surface area contributed by atoms with E-state index in [1.807, 2.05) is 0 Å². The Labute approximate surface area is 451 Å². The Morgan fingerprint density at radius 2 is 0.534 bits per heavy atom. The summed E-state index contributed by atoms with van der Waals surface area (Å²) in [5.41, 5.74) is 0. The number of hydrogen-bond donors (Lipinski definition) is 0. The molecule has 0 aromatic heterocycles. The van der Waals surface area contributed by atoms with E-state index in [-0.39, 0.29) is 31.1 Å². The fourth-order valence-electron chi connectivity index (χ4n) is 8.44. The number of rotatable bonds is 55. The van der Waals surface area contributed by atoms with Crippen molar-refractivity contribution in [3.8, 4) is 0 Å². The summed E-state index contributed by atoms with van der Waals surface area (Å²) in [5, 5.41) is 0. The maximum atomic E-state index is 12.9. The van der Waals surface area contributed by atoms with Gasteiger partial charge in [-0.1, -0.05) is 246 Å². The fourth-order valence-corrected chi connectivity index (χ4v) is 8.44. The normalized spacial score (nSPS) is 12.8. The third-order valence-corrected chi connectivity index (χ3v) is 13.0. The molecule has 1 unspecified atom stereocenters. The second-order valence-corrected chi connectivity index (χ2v) is 20.2. The van der Waals surface area contributed by atoms with E-state index in [2.05, 4.69) is 118 Å². The van der Waals surface area contributed by atoms with Crippen LogP contribution in [0.15, 0.2) is 97.2 Å². The molecular weight excluding hydrogens is 901 g/mol. The fraction of sp³-hybridized carbons (Fsp3) is 0.716. The zero-order valence-electron chi connectivity index (χ0n) is 47.9. The molecule has 0 spiro atoms. The quantitative estimate of drug-likeness (QED) is 0.0261. The van der Waals surface area contributed by atoms with Gasteiger partial charge in [0, 0.05) is 19.3 Å². The maximum absolute atomic E-state index is 12.9. The lowest BCUT2D eigenvalue weighted by Gasteiger charge is -2.18. The van der Waals surface area contributed by atoms with Gasteiger partial charge in [0.15, 0.2) is 6.10 Å². The first-order chi connectivity index (χ1) is 36.0. The Balaban J connectivity index is 4.37. The summed E-state index contributed by atoms with van der Waals surface area (Å²) in [6.07, 6.45) is 81.1. The summed E-state index contributed by atoms with van der Waals surface area (Å²) in [5.74, 6) is -0.906. The predicted octanol–water partition coefficient (Wildman–Crippen LogP) is 20.9. The molecule has 0 N–H and O–H groups in total. The Hall–Kier alpha value is -3.67. The Kier molecular flexibility index (Phi) is 57.8. The van der Waals surface area contributed by atoms with E-state index >= 15 is 0 Å². The van der Waals surface area contributed by atoms with E-state index in [0.29, 0.717) is 19.3 Å². The molecule has 0 aliphatic carbocycles. The van der Waals surface area contributed by atoms with Gasteiger partial charge in [0.05, 0.1) is 0 Å². The number of allylic oxidation sites excluding steroid dienone is 16. The van der Waals surface area contributed by atoms with E-state index in [0.717, 1.165) is 116 Å². The number of carbonyl (C=O) groups is 3. The molecule has 0 radical (unpaired) electrons. The highest BCUT2D eigenvalue weighted by Crippen LogP contribution is 2.15. The lowest BCUT2D eigenvalue weighted by molar-refractivity contribution is -0.167. The van der Waals surface area contributed by atoms with Gasteiger partial charge in [0.2, 0.25) is 0 Å². The van der Waals surface area contributed by atoms with Gasteiger partial charge in [-0.05, 0) is 122 Å². The molecule has 0 bridgehead atoms. The van der Waals surface area contributed by atoms with Crippen LogP contribution in [0.3, 0.4) is 0 Å². The minimum absolute atomic E-state index is 0.0875. The summed E-state index contributed by atoms with van der Waals surface area (Å²) in [4.78, 5) is 38.3. The molecule has 0 aliphatic rings. The molecule has 0 saturated heterocycles. The highest BCUT2D eigenvalue weighted by atomic mass is 16.6. The zero-order chi connectivity index (χ0) is 52.9. The molecule has 0 aromatic carbocycles. The second kappa shape index (κ2) is 60.9. The standard InChI is InChI=1S/C67H114O6/c1-4-7-10-13-16-19-22-25-27-29-31-32-33-34-36-37-39-42-45-48-51-54-57-60-66(69)72-63-64(62-71-65(68)59-56-53-50-47-44-41-24-21-18-15-12-9-6-3)73-67(70)61-58-55-52-49-46-43-40-38-35-30-28-26-23-20-17-14-11-8-5-2/h7,10,16-17,19-21,24-28,31-32,35,38,64H,4-6,8-9,11-15,18,22-23,29-30,33-34,36-37,39-63H2,1-3H3/b10-7-,19-16-,20-17-,24-21-,27-25-,28-26-,32-31-,38-35-. The molecule has 6 heteroatoms. The van der Waals surface area contributed by atoms with E-state index in [9.17, 15) is 14.4 Å². The topological polar surface area (TPSA) is 78.9 Å². The van der Waals surface area contributed by atoms with Gasteiger partial charge < -0.3 is 14.2 Å². The highest BCUT2D eigenvalue weighted by molar-refractivity contribution is 5.71. The van der Waals surface area contributed by atoms with Gasteiger partial charge in [-0.25, -0.2) is 0 Å². The molecule has 0 amide bonds. The van der Waals surface area contributed by atoms with Crippen molar-refractivity contribution in [3.63, 3.8) is 0 Å². The monoisotopic (exact) mass is 1010 g/mol. The van der Waals surface area contributed by atoms with E-state index < -0.39 is 6.10 Å². The average molecular weight is 1020 g/mol. The molecule has 0 aliphatic heterocycles. The van der Waals surface area contributed by atoms with Gasteiger partial charge in [0.1, 0.15) is 13.2 Å². The summed E-state index contributed by atoms with van der Waals surface area (Å²) in [6.45, 7) is 6.48. The molecule has 0 rings (SSSR count). The minimum atomic E-state index is -0.791. The number of ether oxygens (including phenoxy) is 3. The Bertz CT molecular complexity index is 1440. The van der Waals surface area contributed by atoms with Crippen LogP contribution in [-0.4, -0.2) is 37.2 Å². The van der Waals surface area contributed by atoms with Crippen LogP contribution in [0.1, 0.15) is 290 Å². The zero-order valence-corrected chi connectivity index (χ0v) is 47.9. The lowest BCUT2D eigenvalue weighted by atomic mass is 10.1. The first-order valence-corrected chi connectivity index (χ1v) is 30.7. The van der Waals surface area contributed by atoms with Crippen molar-refractivity contribution in [1.29, 1.82) is 0 Å². The van der Waals surface area contributed by atoms with Crippen molar-refractivity contribution < 1.29 is 28.6 Å². The van der Waals surface area contributed by atoms with Crippen LogP contribution < -0.4 is 0 Å². The van der Waals surface area contributed by atoms with Gasteiger partial charge >= 0.3 is 17.9 Å². The second-order valence-electron chi connectivity index (χ2n) is 20.2. The first kappa shape index (κ1) is 69.3. The third kappa shape index (κ3) is 59.1. The van der Waals surface area contributed by atoms with Crippen LogP contribution in [0.25, 0.3) is 0 Å². The van der Waals surface area contributed by atoms with Gasteiger partial charge in [0.25, 0.3) is 0 Å². The molecule has 0 heterocycles. The lowest BCUT2D eigenvalue weighted by Crippen LogP contribution is -2.30. The maximum Gasteiger partial charge on any atom is 0.306 e. The van der Waals surface area contributed by atoms with Gasteiger partial charge in [-0.2, -0.15) is 0 Å². The van der Waals surface area contributed by atoms with Crippen LogP contribution in [0.4, 0.5) is 0 Å². The molecule has 0 saturated carbocycles. The van der Waals surface area contributed by atoms with Crippen LogP contribution in [0.5, 0.6) is 0 Å². The van der Waals surface area contributed by atoms with Crippen molar-refractivity contribution >= 4 is 17.9 Å². The van der Waals surface area contributed by atoms with E-state index in [4.69, 9.17) is 14.2 Å². The predicted molar refractivity (Wildman–Crippen MR) is 316 cm³/mol. The van der Waals surface area contributed by atoms with Crippen LogP contribution in [0.2, 0.25) is 0 Å². The summed E-state index contributed by atoms with van der Waals surface area (Å²) >= 11 is 0. The third-order valence-electron chi connectivity index (χ3n) is 13.0. The number of unbranched alkanes of at least 4 members (excludes halogenated alkanes) is 28. The molecule has 6 nitrogen and oxygen atoms in total. The van der Waals surface area contributed by atoms with Crippen molar-refractivity contribution in [3.05, 3.63) is 97.2 Å². The van der Waals surface area contributed by atoms with Crippen molar-refractivity contribution in [2.24, 2.45) is 0 Å². The Morgan fingerprint density at radius 3 is 0.877 bits per heavy atom. The van der Waals surface area contributed by atoms with Crippen LogP contribution in [0, 0.1) is 0 Å². The van der Waals surface area contributed by atoms with Crippen LogP contribution >= 0.6 is 0 Å². The van der Waals surface area contributed by atoms with Gasteiger partial charge in [-0.15, -0.1) is 0 Å². The number of carbonyl (C=O) groups excluding carboxylic acids is 3. The molecule has 0 aromatic rings. The van der Waals surface area contributed by atoms with Crippen molar-refractivity contribution in [2.75, 3.05) is 13.2 Å². The van der Waals surface area contributed by atoms with Gasteiger partial charge in [-0.3, -0.25) is 14.4 Å². The van der Waals surface area contributed by atoms with Crippen molar-refractivity contribution in [1.82, 2.24) is 0 Å². The number of esters is 3. The minimum Gasteiger partial charge on any atom is -0.462 e. The van der Waals surface area contributed by atoms with E-state index in [1.54, 1.807) is 0 Å². The summed E-state index contributed by atoms with van der Waals surface area (Å²) < 4.78 is 16.9. The molecule has 0 fully saturated rings. The molecule has 73 heavy (non-hydrogen) atoms. The number of hydrogen-bond acceptors (Lipinski definition) is 6. The van der Waals surface area contributed by atoms with Crippen LogP contribution in [-0.2, 0) is 28.6 Å².